The molecule has 0 saturated carbocycles. The van der Waals surface area contributed by atoms with Crippen LogP contribution in [0.1, 0.15) is 22.8 Å². The molecule has 142 valence electrons. The molecule has 0 atom stereocenters. The molecule has 0 amide bonds. The van der Waals surface area contributed by atoms with Crippen molar-refractivity contribution in [3.8, 4) is 5.75 Å². The first-order valence-corrected chi connectivity index (χ1v) is 9.48. The zero-order valence-corrected chi connectivity index (χ0v) is 16.6. The van der Waals surface area contributed by atoms with E-state index >= 15 is 0 Å². The van der Waals surface area contributed by atoms with Gasteiger partial charge in [-0.15, -0.1) is 0 Å². The van der Waals surface area contributed by atoms with Crippen LogP contribution < -0.4 is 10.1 Å². The minimum atomic E-state index is 0.0516. The Bertz CT molecular complexity index is 817. The average molecular weight is 384 g/mol. The lowest BCUT2D eigenvalue weighted by molar-refractivity contribution is 0.101. The van der Waals surface area contributed by atoms with Crippen molar-refractivity contribution in [1.29, 1.82) is 0 Å². The van der Waals surface area contributed by atoms with E-state index in [0.717, 1.165) is 44.2 Å². The third-order valence-corrected chi connectivity index (χ3v) is 5.08. The van der Waals surface area contributed by atoms with Gasteiger partial charge in [-0.2, -0.15) is 0 Å². The smallest absolute Gasteiger partial charge is 0.173 e. The van der Waals surface area contributed by atoms with Gasteiger partial charge in [0.15, 0.2) is 10.9 Å². The maximum atomic E-state index is 11.5. The van der Waals surface area contributed by atoms with Crippen LogP contribution in [-0.2, 0) is 6.54 Å². The van der Waals surface area contributed by atoms with Crippen LogP contribution in [0.25, 0.3) is 0 Å². The number of Topliss-reactive ketones (excluding diaryl/α,β-unsaturated/α-hetero) is 1. The Hall–Kier alpha value is -2.44. The van der Waals surface area contributed by atoms with Crippen molar-refractivity contribution in [1.82, 2.24) is 9.80 Å². The highest BCUT2D eigenvalue weighted by Crippen LogP contribution is 2.16. The number of benzene rings is 2. The predicted octanol–water partition coefficient (Wildman–Crippen LogP) is 3.41. The van der Waals surface area contributed by atoms with Gasteiger partial charge in [-0.05, 0) is 49.0 Å². The van der Waals surface area contributed by atoms with Crippen LogP contribution >= 0.6 is 12.2 Å². The van der Waals surface area contributed by atoms with Gasteiger partial charge in [-0.1, -0.05) is 24.3 Å². The summed E-state index contributed by atoms with van der Waals surface area (Å²) in [5.74, 6) is 0.944. The van der Waals surface area contributed by atoms with E-state index in [0.29, 0.717) is 10.7 Å². The number of hydrogen-bond acceptors (Lipinski definition) is 4. The van der Waals surface area contributed by atoms with Crippen LogP contribution in [0.4, 0.5) is 5.69 Å². The first-order valence-electron chi connectivity index (χ1n) is 9.07. The highest BCUT2D eigenvalue weighted by molar-refractivity contribution is 7.80. The Kier molecular flexibility index (Phi) is 6.42. The minimum absolute atomic E-state index is 0.0516. The molecule has 1 heterocycles. The fraction of sp³-hybridized carbons (Fsp3) is 0.333. The topological polar surface area (TPSA) is 44.8 Å². The number of ketones is 1. The molecule has 1 aliphatic rings. The molecule has 1 N–H and O–H groups in total. The summed E-state index contributed by atoms with van der Waals surface area (Å²) in [5, 5.41) is 3.96. The van der Waals surface area contributed by atoms with Gasteiger partial charge in [0.25, 0.3) is 0 Å². The summed E-state index contributed by atoms with van der Waals surface area (Å²) >= 11 is 5.56. The van der Waals surface area contributed by atoms with Gasteiger partial charge in [0, 0.05) is 44.0 Å². The number of thiocarbonyl (C=S) groups is 1. The van der Waals surface area contributed by atoms with Crippen LogP contribution in [0, 0.1) is 0 Å². The second kappa shape index (κ2) is 8.97. The van der Waals surface area contributed by atoms with E-state index in [2.05, 4.69) is 27.2 Å². The normalized spacial score (nSPS) is 14.7. The number of carbonyl (C=O) groups is 1. The number of anilines is 1. The van der Waals surface area contributed by atoms with Gasteiger partial charge in [0.2, 0.25) is 0 Å². The van der Waals surface area contributed by atoms with Gasteiger partial charge in [-0.25, -0.2) is 0 Å². The molecule has 6 heteroatoms. The highest BCUT2D eigenvalue weighted by Gasteiger charge is 2.19. The Morgan fingerprint density at radius 2 is 1.85 bits per heavy atom. The number of nitrogens with zero attached hydrogens (tertiary/aromatic N) is 2. The van der Waals surface area contributed by atoms with E-state index < -0.39 is 0 Å². The quantitative estimate of drug-likeness (QED) is 0.631. The van der Waals surface area contributed by atoms with E-state index in [-0.39, 0.29) is 5.78 Å². The first-order chi connectivity index (χ1) is 13.0. The Labute approximate surface area is 165 Å². The SMILES string of the molecule is COc1cccc(CN2CCN(C(=S)Nc3cccc(C(C)=O)c3)CC2)c1. The van der Waals surface area contributed by atoms with Crippen molar-refractivity contribution in [2.45, 2.75) is 13.5 Å². The van der Waals surface area contributed by atoms with Crippen LogP contribution in [0.3, 0.4) is 0 Å². The van der Waals surface area contributed by atoms with Gasteiger partial charge in [-0.3, -0.25) is 9.69 Å². The number of piperazine rings is 1. The molecule has 0 bridgehead atoms. The molecule has 2 aromatic rings. The molecular weight excluding hydrogens is 358 g/mol. The molecule has 27 heavy (non-hydrogen) atoms. The second-order valence-electron chi connectivity index (χ2n) is 6.68. The molecule has 0 aromatic heterocycles. The van der Waals surface area contributed by atoms with Crippen molar-refractivity contribution in [2.75, 3.05) is 38.6 Å². The Morgan fingerprint density at radius 3 is 2.56 bits per heavy atom. The fourth-order valence-corrected chi connectivity index (χ4v) is 3.46. The molecule has 5 nitrogen and oxygen atoms in total. The molecule has 1 fully saturated rings. The number of hydrogen-bond donors (Lipinski definition) is 1. The van der Waals surface area contributed by atoms with E-state index in [1.807, 2.05) is 36.4 Å². The van der Waals surface area contributed by atoms with E-state index in [1.165, 1.54) is 5.56 Å². The van der Waals surface area contributed by atoms with E-state index in [9.17, 15) is 4.79 Å². The minimum Gasteiger partial charge on any atom is -0.497 e. The Balaban J connectivity index is 1.51. The maximum Gasteiger partial charge on any atom is 0.173 e. The molecule has 0 radical (unpaired) electrons. The zero-order valence-electron chi connectivity index (χ0n) is 15.8. The van der Waals surface area contributed by atoms with Crippen LogP contribution in [0.2, 0.25) is 0 Å². The first kappa shape index (κ1) is 19.3. The molecule has 1 aliphatic heterocycles. The highest BCUT2D eigenvalue weighted by atomic mass is 32.1. The molecule has 3 rings (SSSR count). The molecule has 2 aromatic carbocycles. The van der Waals surface area contributed by atoms with Crippen molar-refractivity contribution < 1.29 is 9.53 Å². The van der Waals surface area contributed by atoms with Crippen LogP contribution in [0.15, 0.2) is 48.5 Å². The van der Waals surface area contributed by atoms with Crippen molar-refractivity contribution >= 4 is 28.8 Å². The summed E-state index contributed by atoms with van der Waals surface area (Å²) in [6, 6.07) is 15.7. The summed E-state index contributed by atoms with van der Waals surface area (Å²) in [4.78, 5) is 16.1. The lowest BCUT2D eigenvalue weighted by Crippen LogP contribution is -2.49. The van der Waals surface area contributed by atoms with Crippen molar-refractivity contribution in [2.24, 2.45) is 0 Å². The fourth-order valence-electron chi connectivity index (χ4n) is 3.16. The van der Waals surface area contributed by atoms with Gasteiger partial charge >= 0.3 is 0 Å². The van der Waals surface area contributed by atoms with Gasteiger partial charge in [0.1, 0.15) is 5.75 Å². The third-order valence-electron chi connectivity index (χ3n) is 4.72. The number of ether oxygens (including phenoxy) is 1. The predicted molar refractivity (Wildman–Crippen MR) is 113 cm³/mol. The second-order valence-corrected chi connectivity index (χ2v) is 7.07. The molecular formula is C21H25N3O2S. The summed E-state index contributed by atoms with van der Waals surface area (Å²) in [7, 11) is 1.69. The van der Waals surface area contributed by atoms with Crippen molar-refractivity contribution in [3.63, 3.8) is 0 Å². The summed E-state index contributed by atoms with van der Waals surface area (Å²) in [5.41, 5.74) is 2.79. The lowest BCUT2D eigenvalue weighted by Gasteiger charge is -2.36. The van der Waals surface area contributed by atoms with Crippen LogP contribution in [0.5, 0.6) is 5.75 Å². The monoisotopic (exact) mass is 383 g/mol. The largest absolute Gasteiger partial charge is 0.497 e. The summed E-state index contributed by atoms with van der Waals surface area (Å²) < 4.78 is 5.30. The zero-order chi connectivity index (χ0) is 19.2. The van der Waals surface area contributed by atoms with Gasteiger partial charge in [0.05, 0.1) is 7.11 Å². The van der Waals surface area contributed by atoms with Crippen LogP contribution in [-0.4, -0.2) is 54.0 Å². The Morgan fingerprint density at radius 1 is 1.11 bits per heavy atom. The van der Waals surface area contributed by atoms with E-state index in [1.54, 1.807) is 14.0 Å². The maximum absolute atomic E-state index is 11.5. The number of methoxy groups -OCH3 is 1. The molecule has 0 spiro atoms. The lowest BCUT2D eigenvalue weighted by atomic mass is 10.1. The number of carbonyl (C=O) groups excluding carboxylic acids is 1. The average Bonchev–Trinajstić information content (AvgIpc) is 2.69. The summed E-state index contributed by atoms with van der Waals surface area (Å²) in [6.07, 6.45) is 0. The number of nitrogens with one attached hydrogen (secondary N) is 1. The number of rotatable bonds is 5. The van der Waals surface area contributed by atoms with E-state index in [4.69, 9.17) is 17.0 Å². The van der Waals surface area contributed by atoms with Gasteiger partial charge < -0.3 is 15.0 Å². The standard InChI is InChI=1S/C21H25N3O2S/c1-16(25)18-6-4-7-19(14-18)22-21(27)24-11-9-23(10-12-24)15-17-5-3-8-20(13-17)26-2/h3-8,13-14H,9-12,15H2,1-2H3,(H,22,27). The van der Waals surface area contributed by atoms with Crippen molar-refractivity contribution in [3.05, 3.63) is 59.7 Å². The summed E-state index contributed by atoms with van der Waals surface area (Å²) in [6.45, 7) is 6.13. The molecule has 0 aliphatic carbocycles. The molecule has 0 unspecified atom stereocenters. The molecule has 1 saturated heterocycles. The third kappa shape index (κ3) is 5.28.